The summed E-state index contributed by atoms with van der Waals surface area (Å²) < 4.78 is 5.23. The van der Waals surface area contributed by atoms with Crippen molar-refractivity contribution in [1.29, 1.82) is 0 Å². The topological polar surface area (TPSA) is 79.8 Å². The number of hydrogen-bond donors (Lipinski definition) is 2. The van der Waals surface area contributed by atoms with Gasteiger partial charge in [0.15, 0.2) is 0 Å². The molecule has 1 heterocycles. The van der Waals surface area contributed by atoms with Gasteiger partial charge in [0.25, 0.3) is 0 Å². The predicted octanol–water partition coefficient (Wildman–Crippen LogP) is 3.60. The van der Waals surface area contributed by atoms with E-state index in [4.69, 9.17) is 4.74 Å². The standard InChI is InChI=1S/C20H21N3O3/c1-13-3-5-15(6-4-13)12-26-20(25)21-17-9-7-16(8-10-17)19-14(2)11-18(24)22-23-19/h3-10,14H,11-12H2,1-2H3,(H,21,25)(H,22,24). The summed E-state index contributed by atoms with van der Waals surface area (Å²) in [5, 5.41) is 6.83. The van der Waals surface area contributed by atoms with Crippen molar-refractivity contribution < 1.29 is 14.3 Å². The summed E-state index contributed by atoms with van der Waals surface area (Å²) in [6, 6.07) is 15.1. The second-order valence-electron chi connectivity index (χ2n) is 6.40. The molecule has 2 aromatic carbocycles. The average Bonchev–Trinajstić information content (AvgIpc) is 2.62. The molecule has 0 spiro atoms. The molecular formula is C20H21N3O3. The summed E-state index contributed by atoms with van der Waals surface area (Å²) in [7, 11) is 0. The van der Waals surface area contributed by atoms with Crippen molar-refractivity contribution in [3.8, 4) is 0 Å². The van der Waals surface area contributed by atoms with Gasteiger partial charge in [-0.25, -0.2) is 10.2 Å². The molecule has 0 bridgehead atoms. The Morgan fingerprint density at radius 1 is 1.19 bits per heavy atom. The zero-order valence-electron chi connectivity index (χ0n) is 14.8. The van der Waals surface area contributed by atoms with Crippen molar-refractivity contribution >= 4 is 23.4 Å². The number of hydrogen-bond acceptors (Lipinski definition) is 4. The van der Waals surface area contributed by atoms with Crippen molar-refractivity contribution in [2.45, 2.75) is 26.9 Å². The third-order valence-corrected chi connectivity index (χ3v) is 4.18. The highest BCUT2D eigenvalue weighted by molar-refractivity contribution is 6.06. The Morgan fingerprint density at radius 3 is 2.54 bits per heavy atom. The van der Waals surface area contributed by atoms with Crippen molar-refractivity contribution in [3.63, 3.8) is 0 Å². The van der Waals surface area contributed by atoms with Crippen molar-refractivity contribution in [3.05, 3.63) is 65.2 Å². The van der Waals surface area contributed by atoms with E-state index < -0.39 is 6.09 Å². The van der Waals surface area contributed by atoms with Crippen LogP contribution in [0.15, 0.2) is 53.6 Å². The summed E-state index contributed by atoms with van der Waals surface area (Å²) >= 11 is 0. The number of hydrazone groups is 1. The van der Waals surface area contributed by atoms with Crippen LogP contribution in [0.5, 0.6) is 0 Å². The Labute approximate surface area is 152 Å². The first kappa shape index (κ1) is 17.7. The lowest BCUT2D eigenvalue weighted by molar-refractivity contribution is -0.121. The lowest BCUT2D eigenvalue weighted by Crippen LogP contribution is -2.31. The Bertz CT molecular complexity index is 826. The van der Waals surface area contributed by atoms with Crippen molar-refractivity contribution in [1.82, 2.24) is 5.43 Å². The third-order valence-electron chi connectivity index (χ3n) is 4.18. The largest absolute Gasteiger partial charge is 0.444 e. The molecule has 2 amide bonds. The van der Waals surface area contributed by atoms with Gasteiger partial charge in [0.05, 0.1) is 5.71 Å². The van der Waals surface area contributed by atoms with Gasteiger partial charge in [-0.05, 0) is 30.2 Å². The Morgan fingerprint density at radius 2 is 1.88 bits per heavy atom. The van der Waals surface area contributed by atoms with Crippen LogP contribution in [0.1, 0.15) is 30.0 Å². The van der Waals surface area contributed by atoms with E-state index in [-0.39, 0.29) is 18.4 Å². The number of anilines is 1. The fraction of sp³-hybridized carbons (Fsp3) is 0.250. The molecule has 0 saturated carbocycles. The molecule has 1 aliphatic heterocycles. The maximum atomic E-state index is 11.9. The van der Waals surface area contributed by atoms with Crippen LogP contribution < -0.4 is 10.7 Å². The van der Waals surface area contributed by atoms with Crippen LogP contribution in [0, 0.1) is 12.8 Å². The fourth-order valence-electron chi connectivity index (χ4n) is 2.71. The molecule has 0 saturated heterocycles. The fourth-order valence-corrected chi connectivity index (χ4v) is 2.71. The molecule has 6 nitrogen and oxygen atoms in total. The first-order valence-electron chi connectivity index (χ1n) is 8.47. The zero-order chi connectivity index (χ0) is 18.5. The quantitative estimate of drug-likeness (QED) is 0.883. The van der Waals surface area contributed by atoms with Gasteiger partial charge in [-0.1, -0.05) is 48.9 Å². The van der Waals surface area contributed by atoms with Crippen LogP contribution in [-0.4, -0.2) is 17.7 Å². The molecule has 2 N–H and O–H groups in total. The third kappa shape index (κ3) is 4.47. The molecular weight excluding hydrogens is 330 g/mol. The summed E-state index contributed by atoms with van der Waals surface area (Å²) in [4.78, 5) is 23.2. The number of carbonyl (C=O) groups is 2. The molecule has 0 aromatic heterocycles. The number of aryl methyl sites for hydroxylation is 1. The summed E-state index contributed by atoms with van der Waals surface area (Å²) in [6.07, 6.45) is -0.0848. The number of amides is 2. The van der Waals surface area contributed by atoms with Crippen LogP contribution in [-0.2, 0) is 16.1 Å². The summed E-state index contributed by atoms with van der Waals surface area (Å²) in [6.45, 7) is 4.19. The Hall–Kier alpha value is -3.15. The van der Waals surface area contributed by atoms with Gasteiger partial charge in [-0.3, -0.25) is 10.1 Å². The van der Waals surface area contributed by atoms with Gasteiger partial charge in [-0.2, -0.15) is 5.10 Å². The molecule has 134 valence electrons. The van der Waals surface area contributed by atoms with Gasteiger partial charge >= 0.3 is 6.09 Å². The molecule has 1 atom stereocenters. The van der Waals surface area contributed by atoms with Gasteiger partial charge in [-0.15, -0.1) is 0 Å². The maximum Gasteiger partial charge on any atom is 0.411 e. The summed E-state index contributed by atoms with van der Waals surface area (Å²) in [5.41, 5.74) is 6.98. The second-order valence-corrected chi connectivity index (χ2v) is 6.40. The van der Waals surface area contributed by atoms with Crippen molar-refractivity contribution in [2.24, 2.45) is 11.0 Å². The van der Waals surface area contributed by atoms with E-state index in [0.717, 1.165) is 22.4 Å². The maximum absolute atomic E-state index is 11.9. The van der Waals surface area contributed by atoms with Gasteiger partial charge < -0.3 is 4.74 Å². The lowest BCUT2D eigenvalue weighted by atomic mass is 9.94. The number of nitrogens with one attached hydrogen (secondary N) is 2. The second kappa shape index (κ2) is 7.82. The van der Waals surface area contributed by atoms with E-state index in [9.17, 15) is 9.59 Å². The number of nitrogens with zero attached hydrogens (tertiary/aromatic N) is 1. The van der Waals surface area contributed by atoms with Crippen LogP contribution in [0.2, 0.25) is 0 Å². The number of rotatable bonds is 4. The lowest BCUT2D eigenvalue weighted by Gasteiger charge is -2.19. The molecule has 0 aliphatic carbocycles. The van der Waals surface area contributed by atoms with Crippen LogP contribution in [0.3, 0.4) is 0 Å². The highest BCUT2D eigenvalue weighted by atomic mass is 16.5. The van der Waals surface area contributed by atoms with E-state index in [1.807, 2.05) is 50.2 Å². The molecule has 2 aromatic rings. The monoisotopic (exact) mass is 351 g/mol. The Balaban J connectivity index is 1.56. The molecule has 3 rings (SSSR count). The van der Waals surface area contributed by atoms with Crippen LogP contribution in [0.4, 0.5) is 10.5 Å². The average molecular weight is 351 g/mol. The predicted molar refractivity (Wildman–Crippen MR) is 99.9 cm³/mol. The number of benzene rings is 2. The minimum Gasteiger partial charge on any atom is -0.444 e. The highest BCUT2D eigenvalue weighted by Crippen LogP contribution is 2.18. The van der Waals surface area contributed by atoms with E-state index >= 15 is 0 Å². The highest BCUT2D eigenvalue weighted by Gasteiger charge is 2.21. The first-order chi connectivity index (χ1) is 12.5. The Kier molecular flexibility index (Phi) is 5.31. The normalized spacial score (nSPS) is 16.5. The molecule has 1 unspecified atom stereocenters. The smallest absolute Gasteiger partial charge is 0.411 e. The van der Waals surface area contributed by atoms with Crippen molar-refractivity contribution in [2.75, 3.05) is 5.32 Å². The minimum absolute atomic E-state index is 0.0574. The SMILES string of the molecule is Cc1ccc(COC(=O)Nc2ccc(C3=NNC(=O)CC3C)cc2)cc1. The molecule has 1 aliphatic rings. The zero-order valence-corrected chi connectivity index (χ0v) is 14.8. The number of carbonyl (C=O) groups excluding carboxylic acids is 2. The van der Waals surface area contributed by atoms with E-state index in [1.165, 1.54) is 0 Å². The van der Waals surface area contributed by atoms with Gasteiger partial charge in [0.2, 0.25) is 5.91 Å². The van der Waals surface area contributed by atoms with Gasteiger partial charge in [0, 0.05) is 18.0 Å². The molecule has 0 fully saturated rings. The summed E-state index contributed by atoms with van der Waals surface area (Å²) in [5.74, 6) is -0.0158. The van der Waals surface area contributed by atoms with E-state index in [0.29, 0.717) is 12.1 Å². The van der Waals surface area contributed by atoms with E-state index in [2.05, 4.69) is 15.8 Å². The minimum atomic E-state index is -0.506. The van der Waals surface area contributed by atoms with E-state index in [1.54, 1.807) is 12.1 Å². The molecule has 26 heavy (non-hydrogen) atoms. The van der Waals surface area contributed by atoms with Crippen LogP contribution >= 0.6 is 0 Å². The van der Waals surface area contributed by atoms with Crippen LogP contribution in [0.25, 0.3) is 0 Å². The molecule has 0 radical (unpaired) electrons. The number of ether oxygens (including phenoxy) is 1. The van der Waals surface area contributed by atoms with Gasteiger partial charge in [0.1, 0.15) is 6.61 Å². The first-order valence-corrected chi connectivity index (χ1v) is 8.47. The molecule has 6 heteroatoms.